The van der Waals surface area contributed by atoms with Gasteiger partial charge in [-0.1, -0.05) is 0 Å². The molecule has 1 saturated heterocycles. The Kier molecular flexibility index (Phi) is 3.52. The van der Waals surface area contributed by atoms with E-state index >= 15 is 0 Å². The van der Waals surface area contributed by atoms with Crippen LogP contribution in [-0.2, 0) is 6.42 Å². The van der Waals surface area contributed by atoms with Gasteiger partial charge >= 0.3 is 0 Å². The number of aromatic hydroxyl groups is 1. The lowest BCUT2D eigenvalue weighted by atomic mass is 10.0. The first kappa shape index (κ1) is 12.2. The van der Waals surface area contributed by atoms with Crippen molar-refractivity contribution in [3.63, 3.8) is 0 Å². The highest BCUT2D eigenvalue weighted by Gasteiger charge is 2.21. The van der Waals surface area contributed by atoms with E-state index in [-0.39, 0.29) is 11.5 Å². The van der Waals surface area contributed by atoms with E-state index < -0.39 is 5.82 Å². The number of hydrogen-bond acceptors (Lipinski definition) is 3. The van der Waals surface area contributed by atoms with Gasteiger partial charge in [-0.05, 0) is 49.9 Å². The summed E-state index contributed by atoms with van der Waals surface area (Å²) in [5.74, 6) is -0.588. The molecule has 1 atom stereocenters. The summed E-state index contributed by atoms with van der Waals surface area (Å²) in [4.78, 5) is 0. The molecule has 0 radical (unpaired) electrons. The molecule has 1 aliphatic rings. The Bertz CT molecular complexity index is 414. The molecule has 1 heterocycles. The molecular formula is C13H18FNO2. The molecule has 2 N–H and O–H groups in total. The van der Waals surface area contributed by atoms with Crippen LogP contribution >= 0.6 is 0 Å². The van der Waals surface area contributed by atoms with Crippen LogP contribution in [0, 0.1) is 12.7 Å². The van der Waals surface area contributed by atoms with Gasteiger partial charge in [0, 0.05) is 6.04 Å². The standard InChI is InChI=1S/C13H18FNO2/c1-8-6-9(7-10-4-3-5-15-10)11(14)13(17-2)12(8)16/h6,10,15-16H,3-5,7H2,1-2H3. The van der Waals surface area contributed by atoms with Gasteiger partial charge in [-0.25, -0.2) is 4.39 Å². The van der Waals surface area contributed by atoms with Crippen LogP contribution in [0.2, 0.25) is 0 Å². The Balaban J connectivity index is 2.30. The fraction of sp³-hybridized carbons (Fsp3) is 0.538. The minimum atomic E-state index is -0.440. The third-order valence-corrected chi connectivity index (χ3v) is 3.29. The smallest absolute Gasteiger partial charge is 0.197 e. The van der Waals surface area contributed by atoms with Crippen LogP contribution in [0.15, 0.2) is 6.07 Å². The lowest BCUT2D eigenvalue weighted by molar-refractivity contribution is 0.347. The first-order valence-electron chi connectivity index (χ1n) is 5.91. The van der Waals surface area contributed by atoms with Gasteiger partial charge in [0.05, 0.1) is 7.11 Å². The Morgan fingerprint density at radius 3 is 2.94 bits per heavy atom. The summed E-state index contributed by atoms with van der Waals surface area (Å²) < 4.78 is 19.0. The highest BCUT2D eigenvalue weighted by molar-refractivity contribution is 5.49. The predicted octanol–water partition coefficient (Wildman–Crippen LogP) is 2.14. The van der Waals surface area contributed by atoms with Crippen LogP contribution in [0.5, 0.6) is 11.5 Å². The third kappa shape index (κ3) is 2.36. The quantitative estimate of drug-likeness (QED) is 0.849. The molecule has 2 rings (SSSR count). The minimum absolute atomic E-state index is 0.0435. The average molecular weight is 239 g/mol. The Hall–Kier alpha value is -1.29. The summed E-state index contributed by atoms with van der Waals surface area (Å²) in [6, 6.07) is 2.03. The molecule has 17 heavy (non-hydrogen) atoms. The summed E-state index contributed by atoms with van der Waals surface area (Å²) >= 11 is 0. The average Bonchev–Trinajstić information content (AvgIpc) is 2.79. The molecule has 0 amide bonds. The van der Waals surface area contributed by atoms with Crippen molar-refractivity contribution < 1.29 is 14.2 Å². The molecule has 1 aromatic carbocycles. The minimum Gasteiger partial charge on any atom is -0.504 e. The van der Waals surface area contributed by atoms with E-state index in [9.17, 15) is 9.50 Å². The third-order valence-electron chi connectivity index (χ3n) is 3.29. The van der Waals surface area contributed by atoms with Crippen LogP contribution in [-0.4, -0.2) is 24.8 Å². The topological polar surface area (TPSA) is 41.5 Å². The molecule has 94 valence electrons. The summed E-state index contributed by atoms with van der Waals surface area (Å²) in [6.45, 7) is 2.75. The number of ether oxygens (including phenoxy) is 1. The van der Waals surface area contributed by atoms with Crippen LogP contribution < -0.4 is 10.1 Å². The molecule has 1 unspecified atom stereocenters. The number of phenolic OH excluding ortho intramolecular Hbond substituents is 1. The molecule has 0 bridgehead atoms. The van der Waals surface area contributed by atoms with E-state index in [0.29, 0.717) is 23.6 Å². The molecule has 4 heteroatoms. The Morgan fingerprint density at radius 2 is 2.35 bits per heavy atom. The van der Waals surface area contributed by atoms with Crippen molar-refractivity contribution in [3.8, 4) is 11.5 Å². The molecule has 1 aliphatic heterocycles. The van der Waals surface area contributed by atoms with Crippen LogP contribution in [0.4, 0.5) is 4.39 Å². The van der Waals surface area contributed by atoms with E-state index in [1.165, 1.54) is 7.11 Å². The SMILES string of the molecule is COc1c(O)c(C)cc(CC2CCCN2)c1F. The predicted molar refractivity (Wildman–Crippen MR) is 64.1 cm³/mol. The second kappa shape index (κ2) is 4.92. The summed E-state index contributed by atoms with van der Waals surface area (Å²) in [6.07, 6.45) is 2.85. The first-order chi connectivity index (χ1) is 8.13. The van der Waals surface area contributed by atoms with Gasteiger partial charge in [0.25, 0.3) is 0 Å². The summed E-state index contributed by atoms with van der Waals surface area (Å²) in [5, 5.41) is 13.0. The normalized spacial score (nSPS) is 19.6. The fourth-order valence-corrected chi connectivity index (χ4v) is 2.35. The summed E-state index contributed by atoms with van der Waals surface area (Å²) in [5.41, 5.74) is 1.26. The zero-order valence-electron chi connectivity index (χ0n) is 10.2. The van der Waals surface area contributed by atoms with E-state index in [1.807, 2.05) is 0 Å². The van der Waals surface area contributed by atoms with Crippen molar-refractivity contribution in [1.29, 1.82) is 0 Å². The molecule has 3 nitrogen and oxygen atoms in total. The number of methoxy groups -OCH3 is 1. The lowest BCUT2D eigenvalue weighted by Crippen LogP contribution is -2.24. The number of phenols is 1. The van der Waals surface area contributed by atoms with Crippen molar-refractivity contribution in [1.82, 2.24) is 5.32 Å². The zero-order chi connectivity index (χ0) is 12.4. The van der Waals surface area contributed by atoms with Crippen LogP contribution in [0.25, 0.3) is 0 Å². The van der Waals surface area contributed by atoms with Gasteiger partial charge in [0.1, 0.15) is 0 Å². The molecule has 1 fully saturated rings. The number of hydrogen-bond donors (Lipinski definition) is 2. The Morgan fingerprint density at radius 1 is 1.59 bits per heavy atom. The van der Waals surface area contributed by atoms with E-state index in [4.69, 9.17) is 4.74 Å². The van der Waals surface area contributed by atoms with Crippen molar-refractivity contribution in [2.45, 2.75) is 32.2 Å². The van der Waals surface area contributed by atoms with Gasteiger partial charge in [0.15, 0.2) is 17.3 Å². The van der Waals surface area contributed by atoms with Crippen LogP contribution in [0.3, 0.4) is 0 Å². The van der Waals surface area contributed by atoms with Crippen molar-refractivity contribution in [3.05, 3.63) is 23.0 Å². The molecule has 0 spiro atoms. The molecule has 0 saturated carbocycles. The zero-order valence-corrected chi connectivity index (χ0v) is 10.2. The van der Waals surface area contributed by atoms with Gasteiger partial charge < -0.3 is 15.2 Å². The summed E-state index contributed by atoms with van der Waals surface area (Å²) in [7, 11) is 1.37. The van der Waals surface area contributed by atoms with Crippen molar-refractivity contribution >= 4 is 0 Å². The van der Waals surface area contributed by atoms with Gasteiger partial charge in [0.2, 0.25) is 0 Å². The molecular weight excluding hydrogens is 221 g/mol. The number of nitrogens with one attached hydrogen (secondary N) is 1. The molecule has 0 aliphatic carbocycles. The van der Waals surface area contributed by atoms with Crippen molar-refractivity contribution in [2.24, 2.45) is 0 Å². The lowest BCUT2D eigenvalue weighted by Gasteiger charge is -2.15. The number of benzene rings is 1. The number of halogens is 1. The number of aryl methyl sites for hydroxylation is 1. The van der Waals surface area contributed by atoms with Gasteiger partial charge in [-0.3, -0.25) is 0 Å². The largest absolute Gasteiger partial charge is 0.504 e. The molecule has 0 aromatic heterocycles. The van der Waals surface area contributed by atoms with Gasteiger partial charge in [-0.2, -0.15) is 0 Å². The highest BCUT2D eigenvalue weighted by Crippen LogP contribution is 2.35. The van der Waals surface area contributed by atoms with E-state index in [0.717, 1.165) is 19.4 Å². The highest BCUT2D eigenvalue weighted by atomic mass is 19.1. The molecule has 1 aromatic rings. The van der Waals surface area contributed by atoms with Crippen LogP contribution in [0.1, 0.15) is 24.0 Å². The second-order valence-electron chi connectivity index (χ2n) is 4.55. The maximum absolute atomic E-state index is 14.1. The van der Waals surface area contributed by atoms with E-state index in [1.54, 1.807) is 13.0 Å². The second-order valence-corrected chi connectivity index (χ2v) is 4.55. The van der Waals surface area contributed by atoms with Crippen molar-refractivity contribution in [2.75, 3.05) is 13.7 Å². The maximum atomic E-state index is 14.1. The van der Waals surface area contributed by atoms with Gasteiger partial charge in [-0.15, -0.1) is 0 Å². The number of rotatable bonds is 3. The van der Waals surface area contributed by atoms with E-state index in [2.05, 4.69) is 5.32 Å². The monoisotopic (exact) mass is 239 g/mol. The first-order valence-corrected chi connectivity index (χ1v) is 5.91. The maximum Gasteiger partial charge on any atom is 0.197 e. The fourth-order valence-electron chi connectivity index (χ4n) is 2.35. The Labute approximate surface area is 101 Å².